The zero-order chi connectivity index (χ0) is 20.8. The average Bonchev–Trinajstić information content (AvgIpc) is 2.71. The van der Waals surface area contributed by atoms with Gasteiger partial charge < -0.3 is 20.4 Å². The highest BCUT2D eigenvalue weighted by molar-refractivity contribution is 5.95. The summed E-state index contributed by atoms with van der Waals surface area (Å²) in [7, 11) is 0. The van der Waals surface area contributed by atoms with Gasteiger partial charge in [0.15, 0.2) is 0 Å². The van der Waals surface area contributed by atoms with E-state index in [1.54, 1.807) is 0 Å². The molecule has 8 heteroatoms. The molecule has 2 atom stereocenters. The van der Waals surface area contributed by atoms with Crippen LogP contribution < -0.4 is 5.32 Å². The number of aromatic nitrogens is 1. The van der Waals surface area contributed by atoms with E-state index in [-0.39, 0.29) is 5.91 Å². The highest BCUT2D eigenvalue weighted by Crippen LogP contribution is 2.25. The van der Waals surface area contributed by atoms with Crippen LogP contribution in [0.25, 0.3) is 10.9 Å². The summed E-state index contributed by atoms with van der Waals surface area (Å²) in [5, 5.41) is 20.2. The molecule has 2 aliphatic rings. The van der Waals surface area contributed by atoms with Gasteiger partial charge in [-0.05, 0) is 43.5 Å². The van der Waals surface area contributed by atoms with E-state index >= 15 is 0 Å². The van der Waals surface area contributed by atoms with Crippen LogP contribution in [0.5, 0.6) is 0 Å². The summed E-state index contributed by atoms with van der Waals surface area (Å²) in [6, 6.07) is 11.8. The molecule has 0 spiro atoms. The van der Waals surface area contributed by atoms with Crippen molar-refractivity contribution in [2.24, 2.45) is 11.8 Å². The van der Waals surface area contributed by atoms with Crippen LogP contribution in [0.2, 0.25) is 0 Å². The molecule has 0 saturated carbocycles. The summed E-state index contributed by atoms with van der Waals surface area (Å²) in [6.45, 7) is 3.78. The number of amides is 1. The first-order valence-electron chi connectivity index (χ1n) is 9.42. The molecule has 0 radical (unpaired) electrons. The van der Waals surface area contributed by atoms with E-state index in [1.807, 2.05) is 41.3 Å². The SMILES string of the molecule is O=C(O)/C=C/C(=O)O.O=C(c1ccc2ccccc2n1)N1C[C@@H]2CNC[C@@H](C2)C1. The van der Waals surface area contributed by atoms with Gasteiger partial charge in [-0.3, -0.25) is 4.79 Å². The molecule has 1 amide bonds. The van der Waals surface area contributed by atoms with Crippen molar-refractivity contribution in [1.82, 2.24) is 15.2 Å². The summed E-state index contributed by atoms with van der Waals surface area (Å²) in [5.41, 5.74) is 1.46. The number of carbonyl (C=O) groups is 3. The van der Waals surface area contributed by atoms with Crippen LogP contribution in [-0.2, 0) is 9.59 Å². The number of likely N-dealkylation sites (tertiary alicyclic amines) is 1. The van der Waals surface area contributed by atoms with E-state index in [2.05, 4.69) is 10.3 Å². The highest BCUT2D eigenvalue weighted by atomic mass is 16.4. The molecular weight excluding hydrogens is 374 g/mol. The normalized spacial score (nSPS) is 20.8. The Morgan fingerprint density at radius 2 is 1.59 bits per heavy atom. The minimum Gasteiger partial charge on any atom is -0.478 e. The second kappa shape index (κ2) is 9.29. The van der Waals surface area contributed by atoms with Crippen molar-refractivity contribution in [3.63, 3.8) is 0 Å². The number of fused-ring (bicyclic) bond motifs is 3. The molecule has 3 N–H and O–H groups in total. The number of carboxylic acid groups (broad SMARTS) is 2. The van der Waals surface area contributed by atoms with Gasteiger partial charge in [0.1, 0.15) is 5.69 Å². The summed E-state index contributed by atoms with van der Waals surface area (Å²) < 4.78 is 0. The quantitative estimate of drug-likeness (QED) is 0.673. The molecule has 0 aliphatic carbocycles. The molecule has 2 aliphatic heterocycles. The van der Waals surface area contributed by atoms with Gasteiger partial charge in [0.2, 0.25) is 0 Å². The van der Waals surface area contributed by atoms with Crippen molar-refractivity contribution in [3.8, 4) is 0 Å². The fraction of sp³-hybridized carbons (Fsp3) is 0.333. The second-order valence-corrected chi connectivity index (χ2v) is 7.24. The second-order valence-electron chi connectivity index (χ2n) is 7.24. The Morgan fingerprint density at radius 3 is 2.21 bits per heavy atom. The lowest BCUT2D eigenvalue weighted by atomic mass is 9.86. The molecule has 4 rings (SSSR count). The number of benzene rings is 1. The zero-order valence-electron chi connectivity index (χ0n) is 15.8. The summed E-state index contributed by atoms with van der Waals surface area (Å²) in [6.07, 6.45) is 2.37. The first-order valence-corrected chi connectivity index (χ1v) is 9.42. The van der Waals surface area contributed by atoms with Gasteiger partial charge in [-0.25, -0.2) is 14.6 Å². The Hall–Kier alpha value is -3.26. The van der Waals surface area contributed by atoms with Crippen molar-refractivity contribution in [1.29, 1.82) is 0 Å². The molecule has 1 aromatic carbocycles. The molecular formula is C21H23N3O5. The predicted octanol–water partition coefficient (Wildman–Crippen LogP) is 1.63. The molecule has 1 aromatic heterocycles. The van der Waals surface area contributed by atoms with E-state index < -0.39 is 11.9 Å². The van der Waals surface area contributed by atoms with Crippen molar-refractivity contribution >= 4 is 28.7 Å². The Labute approximate surface area is 167 Å². The molecule has 2 fully saturated rings. The fourth-order valence-corrected chi connectivity index (χ4v) is 3.76. The number of carboxylic acids is 2. The number of hydrogen-bond donors (Lipinski definition) is 3. The van der Waals surface area contributed by atoms with E-state index in [1.165, 1.54) is 6.42 Å². The van der Waals surface area contributed by atoms with Crippen LogP contribution in [0.4, 0.5) is 0 Å². The maximum atomic E-state index is 12.7. The van der Waals surface area contributed by atoms with Crippen LogP contribution in [0.1, 0.15) is 16.9 Å². The van der Waals surface area contributed by atoms with Gasteiger partial charge in [-0.2, -0.15) is 0 Å². The molecule has 3 heterocycles. The predicted molar refractivity (Wildman–Crippen MR) is 107 cm³/mol. The number of rotatable bonds is 3. The third kappa shape index (κ3) is 5.61. The number of nitrogens with one attached hydrogen (secondary N) is 1. The van der Waals surface area contributed by atoms with Gasteiger partial charge >= 0.3 is 11.9 Å². The first-order chi connectivity index (χ1) is 13.9. The van der Waals surface area contributed by atoms with Crippen LogP contribution in [0, 0.1) is 11.8 Å². The number of pyridine rings is 1. The van der Waals surface area contributed by atoms with Gasteiger partial charge in [-0.1, -0.05) is 24.3 Å². The molecule has 0 unspecified atom stereocenters. The monoisotopic (exact) mass is 397 g/mol. The number of carbonyl (C=O) groups excluding carboxylic acids is 1. The summed E-state index contributed by atoms with van der Waals surface area (Å²) >= 11 is 0. The number of nitrogens with zero attached hydrogens (tertiary/aromatic N) is 2. The lowest BCUT2D eigenvalue weighted by Crippen LogP contribution is -2.52. The van der Waals surface area contributed by atoms with Gasteiger partial charge in [0.05, 0.1) is 5.52 Å². The topological polar surface area (TPSA) is 120 Å². The van der Waals surface area contributed by atoms with E-state index in [0.29, 0.717) is 29.7 Å². The van der Waals surface area contributed by atoms with Crippen molar-refractivity contribution < 1.29 is 24.6 Å². The first kappa shape index (κ1) is 20.5. The maximum Gasteiger partial charge on any atom is 0.328 e. The molecule has 152 valence electrons. The molecule has 2 aromatic rings. The largest absolute Gasteiger partial charge is 0.478 e. The van der Waals surface area contributed by atoms with Crippen molar-refractivity contribution in [2.75, 3.05) is 26.2 Å². The van der Waals surface area contributed by atoms with Gasteiger partial charge in [0, 0.05) is 30.6 Å². The minimum atomic E-state index is -1.26. The lowest BCUT2D eigenvalue weighted by Gasteiger charge is -2.41. The fourth-order valence-electron chi connectivity index (χ4n) is 3.76. The Kier molecular flexibility index (Phi) is 6.56. The third-order valence-electron chi connectivity index (χ3n) is 4.96. The molecule has 29 heavy (non-hydrogen) atoms. The maximum absolute atomic E-state index is 12.7. The van der Waals surface area contributed by atoms with E-state index in [9.17, 15) is 14.4 Å². The van der Waals surface area contributed by atoms with E-state index in [4.69, 9.17) is 10.2 Å². The summed E-state index contributed by atoms with van der Waals surface area (Å²) in [4.78, 5) is 38.4. The Morgan fingerprint density at radius 1 is 0.966 bits per heavy atom. The van der Waals surface area contributed by atoms with Crippen LogP contribution >= 0.6 is 0 Å². The van der Waals surface area contributed by atoms with Gasteiger partial charge in [0.25, 0.3) is 5.91 Å². The number of aliphatic carboxylic acids is 2. The average molecular weight is 397 g/mol. The minimum absolute atomic E-state index is 0.0809. The van der Waals surface area contributed by atoms with Crippen LogP contribution in [-0.4, -0.2) is 64.1 Å². The Bertz CT molecular complexity index is 915. The van der Waals surface area contributed by atoms with E-state index in [0.717, 1.165) is 37.1 Å². The highest BCUT2D eigenvalue weighted by Gasteiger charge is 2.33. The number of piperidine rings is 2. The smallest absolute Gasteiger partial charge is 0.328 e. The molecule has 2 bridgehead atoms. The third-order valence-corrected chi connectivity index (χ3v) is 4.96. The standard InChI is InChI=1S/C17H19N3O.C4H4O4/c21-17(20-10-12-7-13(11-20)9-18-8-12)16-6-5-14-3-1-2-4-15(14)19-16;5-3(6)1-2-4(7)8/h1-6,12-13,18H,7-11H2;1-2H,(H,5,6)(H,7,8)/b;2-1+/t12-,13+;. The Balaban J connectivity index is 0.000000258. The number of para-hydroxylation sites is 1. The van der Waals surface area contributed by atoms with Crippen LogP contribution in [0.15, 0.2) is 48.6 Å². The summed E-state index contributed by atoms with van der Waals surface area (Å²) in [5.74, 6) is -1.24. The number of hydrogen-bond acceptors (Lipinski definition) is 5. The van der Waals surface area contributed by atoms with Crippen molar-refractivity contribution in [2.45, 2.75) is 6.42 Å². The lowest BCUT2D eigenvalue weighted by molar-refractivity contribution is -0.134. The zero-order valence-corrected chi connectivity index (χ0v) is 15.8. The van der Waals surface area contributed by atoms with Gasteiger partial charge in [-0.15, -0.1) is 0 Å². The molecule has 8 nitrogen and oxygen atoms in total. The molecule has 2 saturated heterocycles. The van der Waals surface area contributed by atoms with Crippen molar-refractivity contribution in [3.05, 3.63) is 54.2 Å². The van der Waals surface area contributed by atoms with Crippen LogP contribution in [0.3, 0.4) is 0 Å².